The summed E-state index contributed by atoms with van der Waals surface area (Å²) in [6.45, 7) is 0. The number of benzene rings is 2. The molecule has 4 rings (SSSR count). The van der Waals surface area contributed by atoms with Crippen molar-refractivity contribution in [3.8, 4) is 0 Å². The van der Waals surface area contributed by atoms with E-state index in [1.165, 1.54) is 12.1 Å². The van der Waals surface area contributed by atoms with Gasteiger partial charge in [-0.25, -0.2) is 0 Å². The third-order valence-electron chi connectivity index (χ3n) is 6.17. The summed E-state index contributed by atoms with van der Waals surface area (Å²) in [7, 11) is -1.51. The van der Waals surface area contributed by atoms with Gasteiger partial charge in [0.25, 0.3) is 0 Å². The fraction of sp³-hybridized carbons (Fsp3) is 0.400. The Kier molecular flexibility index (Phi) is 3.61. The summed E-state index contributed by atoms with van der Waals surface area (Å²) in [6.07, 6.45) is 0. The van der Waals surface area contributed by atoms with E-state index in [1.54, 1.807) is 20.9 Å². The third-order valence-corrected chi connectivity index (χ3v) is 18.3. The van der Waals surface area contributed by atoms with Gasteiger partial charge in [0.15, 0.2) is 0 Å². The summed E-state index contributed by atoms with van der Waals surface area (Å²) >= 11 is -1.39. The summed E-state index contributed by atoms with van der Waals surface area (Å²) in [6, 6.07) is 26.1. The van der Waals surface area contributed by atoms with Gasteiger partial charge in [-0.05, 0) is 0 Å². The van der Waals surface area contributed by atoms with Crippen molar-refractivity contribution in [3.05, 3.63) is 60.7 Å². The molecule has 2 aromatic carbocycles. The molecule has 2 saturated heterocycles. The van der Waals surface area contributed by atoms with E-state index < -0.39 is 21.3 Å². The van der Waals surface area contributed by atoms with Gasteiger partial charge in [0.2, 0.25) is 0 Å². The molecule has 2 atom stereocenters. The second-order valence-electron chi connectivity index (χ2n) is 8.32. The molecule has 2 fully saturated rings. The van der Waals surface area contributed by atoms with Gasteiger partial charge < -0.3 is 0 Å². The first kappa shape index (κ1) is 14.8. The Bertz CT molecular complexity index is 592. The second kappa shape index (κ2) is 5.38. The summed E-state index contributed by atoms with van der Waals surface area (Å²) < 4.78 is 0. The first-order valence-electron chi connectivity index (χ1n) is 8.70. The number of fused-ring (bicyclic) bond motifs is 1. The average molecular weight is 367 g/mol. The van der Waals surface area contributed by atoms with Crippen molar-refractivity contribution >= 4 is 31.7 Å². The van der Waals surface area contributed by atoms with Crippen molar-refractivity contribution in [1.82, 2.24) is 0 Å². The molecular formula is C20H26GeSi. The van der Waals surface area contributed by atoms with E-state index >= 15 is 0 Å². The summed E-state index contributed by atoms with van der Waals surface area (Å²) in [5, 5.41) is 6.61. The van der Waals surface area contributed by atoms with Crippen LogP contribution in [0.1, 0.15) is 0 Å². The minimum absolute atomic E-state index is 1.04. The van der Waals surface area contributed by atoms with Crippen molar-refractivity contribution in [2.45, 2.75) is 34.1 Å². The van der Waals surface area contributed by atoms with Gasteiger partial charge in [-0.1, -0.05) is 0 Å². The van der Waals surface area contributed by atoms with Crippen LogP contribution in [0, 0.1) is 11.8 Å². The van der Waals surface area contributed by atoms with Gasteiger partial charge in [-0.15, -0.1) is 0 Å². The van der Waals surface area contributed by atoms with E-state index in [9.17, 15) is 0 Å². The Morgan fingerprint density at radius 2 is 1.14 bits per heavy atom. The zero-order chi connectivity index (χ0) is 15.2. The Morgan fingerprint density at radius 3 is 1.55 bits per heavy atom. The predicted molar refractivity (Wildman–Crippen MR) is 102 cm³/mol. The molecule has 0 aliphatic carbocycles. The molecule has 2 aromatic rings. The summed E-state index contributed by atoms with van der Waals surface area (Å²) in [5.74, 6) is 7.41. The van der Waals surface area contributed by atoms with Crippen LogP contribution in [0.4, 0.5) is 0 Å². The molecule has 2 heteroatoms. The fourth-order valence-electron chi connectivity index (χ4n) is 5.44. The maximum atomic E-state index is 2.66. The summed E-state index contributed by atoms with van der Waals surface area (Å²) in [5.41, 5.74) is 0. The van der Waals surface area contributed by atoms with Crippen molar-refractivity contribution in [1.29, 1.82) is 0 Å². The Labute approximate surface area is 138 Å². The minimum atomic E-state index is -1.51. The zero-order valence-electron chi connectivity index (χ0n) is 13.8. The molecule has 0 unspecified atom stereocenters. The molecule has 114 valence electrons. The Balaban J connectivity index is 1.77. The van der Waals surface area contributed by atoms with Gasteiger partial charge in [0.1, 0.15) is 0 Å². The molecule has 0 amide bonds. The second-order valence-corrected chi connectivity index (χ2v) is 23.2. The Morgan fingerprint density at radius 1 is 0.727 bits per heavy atom. The van der Waals surface area contributed by atoms with Crippen molar-refractivity contribution in [2.24, 2.45) is 11.8 Å². The SMILES string of the molecule is [CH3][Ge]1([CH3])[CH2][C@@H]2C[Si](c3ccccc3)(c3ccccc3)C[C@H]2[CH2]1. The van der Waals surface area contributed by atoms with Crippen LogP contribution in [0.25, 0.3) is 0 Å². The fourth-order valence-corrected chi connectivity index (χ4v) is 20.8. The van der Waals surface area contributed by atoms with Crippen molar-refractivity contribution in [2.75, 3.05) is 0 Å². The standard InChI is InChI=1S/C20H26GeSi/c1-21(2)13-17-15-22(16-18(17)14-21,19-9-5-3-6-10-19)20-11-7-4-8-12-20/h3-12,17-18H,13-16H2,1-2H3/t17-,18-/m1/s1. The van der Waals surface area contributed by atoms with Gasteiger partial charge in [0, 0.05) is 0 Å². The number of rotatable bonds is 2. The maximum absolute atomic E-state index is 2.66. The normalized spacial score (nSPS) is 28.5. The van der Waals surface area contributed by atoms with Crippen LogP contribution in [0.15, 0.2) is 60.7 Å². The van der Waals surface area contributed by atoms with Crippen LogP contribution in [0.3, 0.4) is 0 Å². The quantitative estimate of drug-likeness (QED) is 0.698. The monoisotopic (exact) mass is 368 g/mol. The van der Waals surface area contributed by atoms with Gasteiger partial charge in [-0.3, -0.25) is 0 Å². The van der Waals surface area contributed by atoms with Crippen molar-refractivity contribution < 1.29 is 0 Å². The average Bonchev–Trinajstić information content (AvgIpc) is 3.00. The molecule has 0 spiro atoms. The first-order chi connectivity index (χ1) is 10.6. The van der Waals surface area contributed by atoms with Crippen LogP contribution in [-0.4, -0.2) is 21.3 Å². The topological polar surface area (TPSA) is 0 Å². The van der Waals surface area contributed by atoms with E-state index in [-0.39, 0.29) is 0 Å². The summed E-state index contributed by atoms with van der Waals surface area (Å²) in [4.78, 5) is 0. The van der Waals surface area contributed by atoms with E-state index in [4.69, 9.17) is 0 Å². The molecule has 0 saturated carbocycles. The van der Waals surface area contributed by atoms with Crippen LogP contribution in [0.5, 0.6) is 0 Å². The van der Waals surface area contributed by atoms with E-state index in [0.717, 1.165) is 11.8 Å². The molecule has 22 heavy (non-hydrogen) atoms. The van der Waals surface area contributed by atoms with Gasteiger partial charge >= 0.3 is 138 Å². The number of hydrogen-bond acceptors (Lipinski definition) is 0. The molecule has 2 heterocycles. The van der Waals surface area contributed by atoms with Crippen LogP contribution < -0.4 is 10.4 Å². The van der Waals surface area contributed by atoms with Crippen molar-refractivity contribution in [3.63, 3.8) is 0 Å². The van der Waals surface area contributed by atoms with Crippen LogP contribution in [-0.2, 0) is 0 Å². The van der Waals surface area contributed by atoms with E-state index in [1.807, 2.05) is 0 Å². The molecular weight excluding hydrogens is 341 g/mol. The van der Waals surface area contributed by atoms with E-state index in [0.29, 0.717) is 0 Å². The van der Waals surface area contributed by atoms with Gasteiger partial charge in [0.05, 0.1) is 0 Å². The molecule has 0 aromatic heterocycles. The molecule has 0 bridgehead atoms. The molecule has 2 aliphatic rings. The molecule has 0 N–H and O–H groups in total. The van der Waals surface area contributed by atoms with Crippen LogP contribution >= 0.6 is 0 Å². The van der Waals surface area contributed by atoms with Gasteiger partial charge in [-0.2, -0.15) is 0 Å². The Hall–Kier alpha value is -0.800. The molecule has 0 radical (unpaired) electrons. The number of hydrogen-bond donors (Lipinski definition) is 0. The molecule has 0 nitrogen and oxygen atoms in total. The predicted octanol–water partition coefficient (Wildman–Crippen LogP) is 4.22. The molecule has 2 aliphatic heterocycles. The third kappa shape index (κ3) is 2.43. The van der Waals surface area contributed by atoms with E-state index in [2.05, 4.69) is 72.2 Å². The first-order valence-corrected chi connectivity index (χ1v) is 18.3. The van der Waals surface area contributed by atoms with Crippen LogP contribution in [0.2, 0.25) is 34.1 Å². The zero-order valence-corrected chi connectivity index (χ0v) is 16.9.